The van der Waals surface area contributed by atoms with Gasteiger partial charge in [0.15, 0.2) is 17.2 Å². The lowest BCUT2D eigenvalue weighted by atomic mass is 9.94. The number of hydrogen-bond acceptors (Lipinski definition) is 6. The molecule has 1 unspecified atom stereocenters. The second-order valence-corrected chi connectivity index (χ2v) is 8.65. The maximum absolute atomic E-state index is 13.1. The fourth-order valence-corrected chi connectivity index (χ4v) is 4.65. The number of phenolic OH excluding ortho intramolecular Hbond substituents is 1. The lowest BCUT2D eigenvalue weighted by molar-refractivity contribution is -0.139. The van der Waals surface area contributed by atoms with Crippen molar-refractivity contribution >= 4 is 40.7 Å². The summed E-state index contributed by atoms with van der Waals surface area (Å²) < 4.78 is 10.7. The van der Waals surface area contributed by atoms with Gasteiger partial charge in [0.25, 0.3) is 11.7 Å². The van der Waals surface area contributed by atoms with Crippen molar-refractivity contribution in [2.75, 3.05) is 20.3 Å². The van der Waals surface area contributed by atoms with Gasteiger partial charge in [0.05, 0.1) is 35.4 Å². The summed E-state index contributed by atoms with van der Waals surface area (Å²) in [4.78, 5) is 27.6. The van der Waals surface area contributed by atoms with Crippen molar-refractivity contribution in [2.24, 2.45) is 0 Å². The van der Waals surface area contributed by atoms with Gasteiger partial charge < -0.3 is 24.6 Å². The number of ether oxygens (including phenoxy) is 2. The minimum Gasteiger partial charge on any atom is -0.507 e. The van der Waals surface area contributed by atoms with Crippen LogP contribution in [0.25, 0.3) is 5.76 Å². The number of aromatic hydroxyl groups is 1. The lowest BCUT2D eigenvalue weighted by Crippen LogP contribution is -2.30. The molecule has 0 radical (unpaired) electrons. The third kappa shape index (κ3) is 4.95. The number of carbonyl (C=O) groups excluding carboxylic acids is 2. The van der Waals surface area contributed by atoms with E-state index in [1.54, 1.807) is 19.1 Å². The predicted molar refractivity (Wildman–Crippen MR) is 131 cm³/mol. The molecule has 0 spiro atoms. The second-order valence-electron chi connectivity index (χ2n) is 7.83. The highest BCUT2D eigenvalue weighted by Crippen LogP contribution is 2.43. The van der Waals surface area contributed by atoms with E-state index < -0.39 is 23.5 Å². The van der Waals surface area contributed by atoms with E-state index in [9.17, 15) is 19.8 Å². The summed E-state index contributed by atoms with van der Waals surface area (Å²) >= 11 is 12.5. The van der Waals surface area contributed by atoms with Crippen LogP contribution in [0.15, 0.2) is 35.9 Å². The van der Waals surface area contributed by atoms with Crippen LogP contribution in [0.5, 0.6) is 17.2 Å². The van der Waals surface area contributed by atoms with Crippen LogP contribution in [0.1, 0.15) is 50.3 Å². The van der Waals surface area contributed by atoms with Gasteiger partial charge in [-0.2, -0.15) is 0 Å². The number of unbranched alkanes of at least 4 members (excludes halogenated alkanes) is 2. The first-order valence-corrected chi connectivity index (χ1v) is 11.8. The molecule has 2 aromatic carbocycles. The van der Waals surface area contributed by atoms with E-state index >= 15 is 0 Å². The first-order chi connectivity index (χ1) is 16.2. The van der Waals surface area contributed by atoms with E-state index in [1.165, 1.54) is 30.2 Å². The van der Waals surface area contributed by atoms with Gasteiger partial charge >= 0.3 is 0 Å². The molecule has 2 N–H and O–H groups in total. The highest BCUT2D eigenvalue weighted by Gasteiger charge is 2.46. The Hall–Kier alpha value is -2.90. The lowest BCUT2D eigenvalue weighted by Gasteiger charge is -2.26. The summed E-state index contributed by atoms with van der Waals surface area (Å²) in [6.45, 7) is 4.46. The Labute approximate surface area is 208 Å². The normalized spacial score (nSPS) is 17.3. The van der Waals surface area contributed by atoms with Gasteiger partial charge in [0.2, 0.25) is 0 Å². The number of likely N-dealkylation sites (tertiary alicyclic amines) is 1. The molecule has 1 atom stereocenters. The Bertz CT molecular complexity index is 1110. The average molecular weight is 508 g/mol. The number of Topliss-reactive ketones (excluding diaryl/α,β-unsaturated/α-hetero) is 1. The average Bonchev–Trinajstić information content (AvgIpc) is 3.05. The SMILES string of the molecule is CCCCCN1C(=O)C(=O)/C(=C(/O)c2cc(Cl)c(OC)c(Cl)c2)C1c1ccc(O)c(OCC)c1. The summed E-state index contributed by atoms with van der Waals surface area (Å²) in [5.74, 6) is -1.54. The maximum atomic E-state index is 13.1. The van der Waals surface area contributed by atoms with Crippen LogP contribution in [0.4, 0.5) is 0 Å². The molecule has 9 heteroatoms. The van der Waals surface area contributed by atoms with Gasteiger partial charge in [-0.15, -0.1) is 0 Å². The minimum atomic E-state index is -0.878. The van der Waals surface area contributed by atoms with E-state index in [0.29, 0.717) is 25.1 Å². The number of rotatable bonds is 9. The summed E-state index contributed by atoms with van der Waals surface area (Å²) in [5.41, 5.74) is 0.604. The summed E-state index contributed by atoms with van der Waals surface area (Å²) in [5, 5.41) is 21.6. The molecule has 182 valence electrons. The van der Waals surface area contributed by atoms with Crippen molar-refractivity contribution in [1.82, 2.24) is 4.90 Å². The fourth-order valence-electron chi connectivity index (χ4n) is 4.01. The molecule has 0 aliphatic carbocycles. The molecule has 1 heterocycles. The highest BCUT2D eigenvalue weighted by atomic mass is 35.5. The predicted octanol–water partition coefficient (Wildman–Crippen LogP) is 5.72. The zero-order valence-corrected chi connectivity index (χ0v) is 20.7. The smallest absolute Gasteiger partial charge is 0.295 e. The second kappa shape index (κ2) is 11.0. The number of phenols is 1. The number of hydrogen-bond donors (Lipinski definition) is 2. The standard InChI is InChI=1S/C25H27Cl2NO6/c1-4-6-7-10-28-21(14-8-9-18(29)19(13-14)34-5-2)20(23(31)25(28)32)22(30)15-11-16(26)24(33-3)17(27)12-15/h8-9,11-13,21,29-30H,4-7,10H2,1-3H3/b22-20+. The van der Waals surface area contributed by atoms with Crippen molar-refractivity contribution < 1.29 is 29.3 Å². The quantitative estimate of drug-likeness (QED) is 0.195. The molecule has 1 amide bonds. The van der Waals surface area contributed by atoms with Gasteiger partial charge in [-0.25, -0.2) is 0 Å². The van der Waals surface area contributed by atoms with E-state index in [0.717, 1.165) is 12.8 Å². The Kier molecular flexibility index (Phi) is 8.33. The van der Waals surface area contributed by atoms with Gasteiger partial charge in [0, 0.05) is 12.1 Å². The summed E-state index contributed by atoms with van der Waals surface area (Å²) in [6.07, 6.45) is 2.50. The van der Waals surface area contributed by atoms with E-state index in [1.807, 2.05) is 6.92 Å². The number of aliphatic hydroxyl groups excluding tert-OH is 1. The van der Waals surface area contributed by atoms with Crippen molar-refractivity contribution in [3.63, 3.8) is 0 Å². The molecular weight excluding hydrogens is 481 g/mol. The van der Waals surface area contributed by atoms with Crippen LogP contribution >= 0.6 is 23.2 Å². The van der Waals surface area contributed by atoms with Crippen molar-refractivity contribution in [3.05, 3.63) is 57.1 Å². The first kappa shape index (κ1) is 25.7. The first-order valence-electron chi connectivity index (χ1n) is 11.0. The molecule has 34 heavy (non-hydrogen) atoms. The topological polar surface area (TPSA) is 96.3 Å². The fraction of sp³-hybridized carbons (Fsp3) is 0.360. The molecule has 1 aliphatic heterocycles. The molecule has 0 aromatic heterocycles. The third-order valence-corrected chi connectivity index (χ3v) is 6.18. The molecule has 1 aliphatic rings. The van der Waals surface area contributed by atoms with Crippen molar-refractivity contribution in [3.8, 4) is 17.2 Å². The number of ketones is 1. The van der Waals surface area contributed by atoms with Crippen molar-refractivity contribution in [1.29, 1.82) is 0 Å². The Balaban J connectivity index is 2.20. The third-order valence-electron chi connectivity index (χ3n) is 5.62. The number of nitrogens with zero attached hydrogens (tertiary/aromatic N) is 1. The molecule has 0 bridgehead atoms. The Morgan fingerprint density at radius 3 is 2.35 bits per heavy atom. The van der Waals surface area contributed by atoms with E-state index in [-0.39, 0.29) is 38.4 Å². The van der Waals surface area contributed by atoms with E-state index in [2.05, 4.69) is 0 Å². The molecule has 1 saturated heterocycles. The van der Waals surface area contributed by atoms with Crippen LogP contribution in [0.2, 0.25) is 10.0 Å². The number of methoxy groups -OCH3 is 1. The highest BCUT2D eigenvalue weighted by molar-refractivity contribution is 6.46. The molecule has 7 nitrogen and oxygen atoms in total. The van der Waals surface area contributed by atoms with Gasteiger partial charge in [-0.05, 0) is 43.2 Å². The van der Waals surface area contributed by atoms with Gasteiger partial charge in [-0.3, -0.25) is 9.59 Å². The Morgan fingerprint density at radius 1 is 1.09 bits per heavy atom. The number of halogens is 2. The Morgan fingerprint density at radius 2 is 1.76 bits per heavy atom. The van der Waals surface area contributed by atoms with E-state index in [4.69, 9.17) is 32.7 Å². The van der Waals surface area contributed by atoms with Crippen LogP contribution in [-0.2, 0) is 9.59 Å². The zero-order chi connectivity index (χ0) is 25.0. The molecular formula is C25H27Cl2NO6. The molecule has 2 aromatic rings. The van der Waals surface area contributed by atoms with Gasteiger partial charge in [-0.1, -0.05) is 49.0 Å². The van der Waals surface area contributed by atoms with Crippen molar-refractivity contribution in [2.45, 2.75) is 39.2 Å². The van der Waals surface area contributed by atoms with Crippen LogP contribution < -0.4 is 9.47 Å². The molecule has 1 fully saturated rings. The van der Waals surface area contributed by atoms with Crippen LogP contribution in [0.3, 0.4) is 0 Å². The summed E-state index contributed by atoms with van der Waals surface area (Å²) in [6, 6.07) is 6.58. The largest absolute Gasteiger partial charge is 0.507 e. The number of benzene rings is 2. The monoisotopic (exact) mass is 507 g/mol. The molecule has 0 saturated carbocycles. The summed E-state index contributed by atoms with van der Waals surface area (Å²) in [7, 11) is 1.41. The minimum absolute atomic E-state index is 0.0674. The van der Waals surface area contributed by atoms with Crippen LogP contribution in [0, 0.1) is 0 Å². The maximum Gasteiger partial charge on any atom is 0.295 e. The number of carbonyl (C=O) groups is 2. The van der Waals surface area contributed by atoms with Crippen LogP contribution in [-0.4, -0.2) is 47.1 Å². The zero-order valence-electron chi connectivity index (χ0n) is 19.2. The van der Waals surface area contributed by atoms with Gasteiger partial charge in [0.1, 0.15) is 5.76 Å². The number of amides is 1. The molecule has 3 rings (SSSR count). The number of aliphatic hydroxyl groups is 1.